The van der Waals surface area contributed by atoms with Gasteiger partial charge >= 0.3 is 0 Å². The van der Waals surface area contributed by atoms with Crippen LogP contribution in [0.1, 0.15) is 48.5 Å². The Balaban J connectivity index is 2.17. The number of nitrogen functional groups attached to an aromatic ring is 1. The quantitative estimate of drug-likeness (QED) is 0.770. The van der Waals surface area contributed by atoms with Crippen LogP contribution < -0.4 is 11.1 Å². The van der Waals surface area contributed by atoms with E-state index in [0.717, 1.165) is 18.4 Å². The number of hydrogen-bond acceptors (Lipinski definition) is 2. The van der Waals surface area contributed by atoms with Gasteiger partial charge in [-0.05, 0) is 44.4 Å². The lowest BCUT2D eigenvalue weighted by Crippen LogP contribution is -2.43. The predicted molar refractivity (Wildman–Crippen MR) is 69.9 cm³/mol. The number of amides is 1. The third-order valence-corrected chi connectivity index (χ3v) is 3.74. The summed E-state index contributed by atoms with van der Waals surface area (Å²) in [5.74, 6) is -0.000741. The highest BCUT2D eigenvalue weighted by Gasteiger charge is 2.30. The van der Waals surface area contributed by atoms with Crippen molar-refractivity contribution >= 4 is 11.6 Å². The van der Waals surface area contributed by atoms with Crippen LogP contribution in [0.2, 0.25) is 0 Å². The zero-order valence-electron chi connectivity index (χ0n) is 10.5. The van der Waals surface area contributed by atoms with Crippen LogP contribution in [0.4, 0.5) is 5.69 Å². The molecule has 1 amide bonds. The van der Waals surface area contributed by atoms with Gasteiger partial charge in [0.25, 0.3) is 5.91 Å². The summed E-state index contributed by atoms with van der Waals surface area (Å²) in [5.41, 5.74) is 8.02. The monoisotopic (exact) mass is 232 g/mol. The highest BCUT2D eigenvalue weighted by Crippen LogP contribution is 2.29. The summed E-state index contributed by atoms with van der Waals surface area (Å²) in [6.07, 6.45) is 4.54. The van der Waals surface area contributed by atoms with Crippen molar-refractivity contribution in [3.8, 4) is 0 Å². The van der Waals surface area contributed by atoms with Gasteiger partial charge in [0.05, 0.1) is 0 Å². The lowest BCUT2D eigenvalue weighted by atomic mass is 9.99. The van der Waals surface area contributed by atoms with Crippen LogP contribution in [0.15, 0.2) is 18.2 Å². The van der Waals surface area contributed by atoms with Crippen LogP contribution in [-0.2, 0) is 0 Å². The van der Waals surface area contributed by atoms with E-state index in [1.54, 1.807) is 0 Å². The van der Waals surface area contributed by atoms with E-state index in [4.69, 9.17) is 5.73 Å². The standard InChI is InChI=1S/C14H20N2O/c1-10-11(6-5-7-12(10)15)13(17)16-14(2)8-3-4-9-14/h5-7H,3-4,8-9,15H2,1-2H3,(H,16,17). The molecule has 0 aromatic heterocycles. The van der Waals surface area contributed by atoms with Crippen molar-refractivity contribution < 1.29 is 4.79 Å². The van der Waals surface area contributed by atoms with Gasteiger partial charge in [0.2, 0.25) is 0 Å². The fraction of sp³-hybridized carbons (Fsp3) is 0.500. The van der Waals surface area contributed by atoms with E-state index in [2.05, 4.69) is 12.2 Å². The van der Waals surface area contributed by atoms with Crippen LogP contribution in [0.3, 0.4) is 0 Å². The van der Waals surface area contributed by atoms with Gasteiger partial charge < -0.3 is 11.1 Å². The molecule has 1 aromatic carbocycles. The number of benzene rings is 1. The van der Waals surface area contributed by atoms with Crippen molar-refractivity contribution in [1.82, 2.24) is 5.32 Å². The Morgan fingerprint density at radius 1 is 1.35 bits per heavy atom. The molecule has 0 unspecified atom stereocenters. The second-order valence-corrected chi connectivity index (χ2v) is 5.24. The molecule has 1 fully saturated rings. The Morgan fingerprint density at radius 2 is 2.00 bits per heavy atom. The predicted octanol–water partition coefficient (Wildman–Crippen LogP) is 2.64. The molecule has 92 valence electrons. The summed E-state index contributed by atoms with van der Waals surface area (Å²) in [4.78, 5) is 12.2. The summed E-state index contributed by atoms with van der Waals surface area (Å²) in [6, 6.07) is 5.48. The first kappa shape index (κ1) is 12.0. The van der Waals surface area contributed by atoms with E-state index in [1.165, 1.54) is 12.8 Å². The molecule has 1 aliphatic carbocycles. The second-order valence-electron chi connectivity index (χ2n) is 5.24. The summed E-state index contributed by atoms with van der Waals surface area (Å²) in [5, 5.41) is 3.15. The van der Waals surface area contributed by atoms with Gasteiger partial charge in [-0.2, -0.15) is 0 Å². The molecule has 3 heteroatoms. The third kappa shape index (κ3) is 2.43. The summed E-state index contributed by atoms with van der Waals surface area (Å²) < 4.78 is 0. The number of carbonyl (C=O) groups is 1. The molecule has 0 heterocycles. The maximum Gasteiger partial charge on any atom is 0.252 e. The third-order valence-electron chi connectivity index (χ3n) is 3.74. The largest absolute Gasteiger partial charge is 0.398 e. The first-order valence-electron chi connectivity index (χ1n) is 6.19. The van der Waals surface area contributed by atoms with E-state index in [0.29, 0.717) is 11.3 Å². The highest BCUT2D eigenvalue weighted by molar-refractivity contribution is 5.97. The molecule has 3 N–H and O–H groups in total. The average Bonchev–Trinajstić information content (AvgIpc) is 2.68. The Hall–Kier alpha value is -1.51. The van der Waals surface area contributed by atoms with Crippen molar-refractivity contribution in [2.45, 2.75) is 45.1 Å². The minimum Gasteiger partial charge on any atom is -0.398 e. The van der Waals surface area contributed by atoms with Crippen LogP contribution in [0.25, 0.3) is 0 Å². The first-order chi connectivity index (χ1) is 8.02. The number of carbonyl (C=O) groups excluding carboxylic acids is 1. The van der Waals surface area contributed by atoms with Gasteiger partial charge in [0.15, 0.2) is 0 Å². The van der Waals surface area contributed by atoms with Gasteiger partial charge in [0, 0.05) is 16.8 Å². The van der Waals surface area contributed by atoms with Crippen molar-refractivity contribution in [1.29, 1.82) is 0 Å². The van der Waals surface area contributed by atoms with Gasteiger partial charge in [-0.1, -0.05) is 18.9 Å². The molecule has 0 spiro atoms. The Kier molecular flexibility index (Phi) is 3.09. The van der Waals surface area contributed by atoms with Crippen LogP contribution in [0.5, 0.6) is 0 Å². The number of hydrogen-bond donors (Lipinski definition) is 2. The van der Waals surface area contributed by atoms with Gasteiger partial charge in [-0.25, -0.2) is 0 Å². The Labute approximate surface area is 102 Å². The van der Waals surface area contributed by atoms with Crippen LogP contribution >= 0.6 is 0 Å². The zero-order chi connectivity index (χ0) is 12.5. The fourth-order valence-electron chi connectivity index (χ4n) is 2.52. The Bertz CT molecular complexity index is 434. The minimum atomic E-state index is -0.0336. The van der Waals surface area contributed by atoms with Gasteiger partial charge in [-0.15, -0.1) is 0 Å². The molecule has 0 atom stereocenters. The molecule has 1 aliphatic rings. The van der Waals surface area contributed by atoms with E-state index < -0.39 is 0 Å². The molecular weight excluding hydrogens is 212 g/mol. The van der Waals surface area contributed by atoms with Crippen molar-refractivity contribution in [3.05, 3.63) is 29.3 Å². The molecular formula is C14H20N2O. The van der Waals surface area contributed by atoms with Crippen LogP contribution in [-0.4, -0.2) is 11.4 Å². The molecule has 0 bridgehead atoms. The average molecular weight is 232 g/mol. The first-order valence-corrected chi connectivity index (χ1v) is 6.19. The Morgan fingerprint density at radius 3 is 2.65 bits per heavy atom. The fourth-order valence-corrected chi connectivity index (χ4v) is 2.52. The molecule has 17 heavy (non-hydrogen) atoms. The van der Waals surface area contributed by atoms with E-state index in [-0.39, 0.29) is 11.4 Å². The smallest absolute Gasteiger partial charge is 0.252 e. The lowest BCUT2D eigenvalue weighted by Gasteiger charge is -2.25. The molecule has 3 nitrogen and oxygen atoms in total. The number of nitrogens with one attached hydrogen (secondary N) is 1. The number of anilines is 1. The lowest BCUT2D eigenvalue weighted by molar-refractivity contribution is 0.0907. The molecule has 1 aromatic rings. The number of rotatable bonds is 2. The molecule has 0 radical (unpaired) electrons. The number of nitrogens with two attached hydrogens (primary N) is 1. The maximum absolute atomic E-state index is 12.2. The molecule has 1 saturated carbocycles. The SMILES string of the molecule is Cc1c(N)cccc1C(=O)NC1(C)CCCC1. The van der Waals surface area contributed by atoms with Gasteiger partial charge in [-0.3, -0.25) is 4.79 Å². The summed E-state index contributed by atoms with van der Waals surface area (Å²) in [7, 11) is 0. The maximum atomic E-state index is 12.2. The summed E-state index contributed by atoms with van der Waals surface area (Å²) in [6.45, 7) is 4.01. The normalized spacial score (nSPS) is 18.0. The minimum absolute atomic E-state index is 0.000741. The topological polar surface area (TPSA) is 55.1 Å². The van der Waals surface area contributed by atoms with Crippen LogP contribution in [0, 0.1) is 6.92 Å². The van der Waals surface area contributed by atoms with Crippen molar-refractivity contribution in [3.63, 3.8) is 0 Å². The molecule has 0 aliphatic heterocycles. The second kappa shape index (κ2) is 4.40. The molecule has 0 saturated heterocycles. The van der Waals surface area contributed by atoms with Crippen molar-refractivity contribution in [2.75, 3.05) is 5.73 Å². The van der Waals surface area contributed by atoms with Gasteiger partial charge in [0.1, 0.15) is 0 Å². The van der Waals surface area contributed by atoms with E-state index in [1.807, 2.05) is 25.1 Å². The highest BCUT2D eigenvalue weighted by atomic mass is 16.1. The van der Waals surface area contributed by atoms with E-state index >= 15 is 0 Å². The van der Waals surface area contributed by atoms with E-state index in [9.17, 15) is 4.79 Å². The zero-order valence-corrected chi connectivity index (χ0v) is 10.5. The summed E-state index contributed by atoms with van der Waals surface area (Å²) >= 11 is 0. The van der Waals surface area contributed by atoms with Crippen molar-refractivity contribution in [2.24, 2.45) is 0 Å². The molecule has 2 rings (SSSR count).